The van der Waals surface area contributed by atoms with Gasteiger partial charge >= 0.3 is 6.09 Å². The van der Waals surface area contributed by atoms with Crippen molar-refractivity contribution in [2.24, 2.45) is 0 Å². The fraction of sp³-hybridized carbons (Fsp3) is 0.588. The van der Waals surface area contributed by atoms with Crippen LogP contribution >= 0.6 is 0 Å². The first-order valence-corrected chi connectivity index (χ1v) is 7.68. The van der Waals surface area contributed by atoms with Crippen LogP contribution in [0.25, 0.3) is 0 Å². The first-order chi connectivity index (χ1) is 9.87. The number of rotatable bonds is 5. The van der Waals surface area contributed by atoms with Crippen LogP contribution in [0.5, 0.6) is 0 Å². The first-order valence-electron chi connectivity index (χ1n) is 7.68. The van der Waals surface area contributed by atoms with Gasteiger partial charge in [-0.3, -0.25) is 0 Å². The van der Waals surface area contributed by atoms with Gasteiger partial charge in [-0.1, -0.05) is 31.2 Å². The molecule has 2 rings (SSSR count). The van der Waals surface area contributed by atoms with Crippen LogP contribution in [-0.2, 0) is 17.7 Å². The highest BCUT2D eigenvalue weighted by molar-refractivity contribution is 5.68. The second-order valence-corrected chi connectivity index (χ2v) is 6.65. The van der Waals surface area contributed by atoms with Gasteiger partial charge in [0.25, 0.3) is 0 Å². The Morgan fingerprint density at radius 3 is 2.38 bits per heavy atom. The molecule has 2 atom stereocenters. The number of benzene rings is 1. The Labute approximate surface area is 127 Å². The molecule has 1 aliphatic carbocycles. The Morgan fingerprint density at radius 1 is 1.19 bits per heavy atom. The van der Waals surface area contributed by atoms with Crippen molar-refractivity contribution < 1.29 is 9.53 Å². The quantitative estimate of drug-likeness (QED) is 0.876. The molecule has 1 aromatic carbocycles. The van der Waals surface area contributed by atoms with Crippen LogP contribution in [0.1, 0.15) is 45.2 Å². The number of alkyl carbamates (subject to hydrolysis) is 1. The van der Waals surface area contributed by atoms with Gasteiger partial charge in [-0.2, -0.15) is 0 Å². The molecule has 0 heterocycles. The number of hydrogen-bond acceptors (Lipinski definition) is 3. The minimum absolute atomic E-state index is 0.190. The lowest BCUT2D eigenvalue weighted by atomic mass is 10.1. The highest BCUT2D eigenvalue weighted by Crippen LogP contribution is 2.22. The Hall–Kier alpha value is -1.55. The molecule has 4 heteroatoms. The van der Waals surface area contributed by atoms with E-state index in [4.69, 9.17) is 4.74 Å². The fourth-order valence-corrected chi connectivity index (χ4v) is 2.18. The predicted molar refractivity (Wildman–Crippen MR) is 84.2 cm³/mol. The molecule has 2 unspecified atom stereocenters. The van der Waals surface area contributed by atoms with Crippen molar-refractivity contribution in [3.8, 4) is 0 Å². The zero-order valence-electron chi connectivity index (χ0n) is 13.4. The number of carbonyl (C=O) groups is 1. The number of ether oxygens (including phenoxy) is 1. The molecule has 116 valence electrons. The largest absolute Gasteiger partial charge is 0.444 e. The molecule has 1 fully saturated rings. The molecule has 0 bridgehead atoms. The van der Waals surface area contributed by atoms with Crippen molar-refractivity contribution in [2.75, 3.05) is 0 Å². The maximum atomic E-state index is 11.6. The second kappa shape index (κ2) is 6.48. The molecular weight excluding hydrogens is 264 g/mol. The Kier molecular flexibility index (Phi) is 4.88. The van der Waals surface area contributed by atoms with Crippen molar-refractivity contribution in [2.45, 2.75) is 64.8 Å². The van der Waals surface area contributed by atoms with Crippen LogP contribution in [0.4, 0.5) is 4.79 Å². The van der Waals surface area contributed by atoms with E-state index in [9.17, 15) is 4.79 Å². The molecule has 1 aromatic rings. The van der Waals surface area contributed by atoms with Gasteiger partial charge in [0.15, 0.2) is 0 Å². The van der Waals surface area contributed by atoms with Crippen molar-refractivity contribution in [3.63, 3.8) is 0 Å². The third kappa shape index (κ3) is 5.38. The summed E-state index contributed by atoms with van der Waals surface area (Å²) in [5.74, 6) is 0. The second-order valence-electron chi connectivity index (χ2n) is 6.65. The van der Waals surface area contributed by atoms with Gasteiger partial charge in [0.2, 0.25) is 0 Å². The fourth-order valence-electron chi connectivity index (χ4n) is 2.18. The Balaban J connectivity index is 1.68. The molecule has 4 nitrogen and oxygen atoms in total. The Bertz CT molecular complexity index is 477. The van der Waals surface area contributed by atoms with Gasteiger partial charge in [0, 0.05) is 18.6 Å². The summed E-state index contributed by atoms with van der Waals surface area (Å²) in [6.07, 6.45) is 1.70. The van der Waals surface area contributed by atoms with E-state index in [-0.39, 0.29) is 12.1 Å². The third-order valence-corrected chi connectivity index (χ3v) is 3.49. The molecule has 1 saturated carbocycles. The van der Waals surface area contributed by atoms with Crippen molar-refractivity contribution >= 4 is 6.09 Å². The van der Waals surface area contributed by atoms with E-state index in [1.807, 2.05) is 20.8 Å². The van der Waals surface area contributed by atoms with Gasteiger partial charge < -0.3 is 15.4 Å². The van der Waals surface area contributed by atoms with E-state index in [1.54, 1.807) is 0 Å². The van der Waals surface area contributed by atoms with Gasteiger partial charge in [0.1, 0.15) is 5.60 Å². The highest BCUT2D eigenvalue weighted by atomic mass is 16.6. The zero-order valence-corrected chi connectivity index (χ0v) is 13.4. The Morgan fingerprint density at radius 2 is 1.81 bits per heavy atom. The summed E-state index contributed by atoms with van der Waals surface area (Å²) in [7, 11) is 0. The maximum absolute atomic E-state index is 11.6. The molecule has 21 heavy (non-hydrogen) atoms. The standard InChI is InChI=1S/C17H26N2O2/c1-5-12-6-8-13(9-7-12)11-18-14-10-15(14)19-16(20)21-17(2,3)4/h6-9,14-15,18H,5,10-11H2,1-4H3,(H,19,20). The SMILES string of the molecule is CCc1ccc(CNC2CC2NC(=O)OC(C)(C)C)cc1. The van der Waals surface area contributed by atoms with Gasteiger partial charge in [-0.05, 0) is 44.7 Å². The van der Waals surface area contributed by atoms with Crippen molar-refractivity contribution in [3.05, 3.63) is 35.4 Å². The van der Waals surface area contributed by atoms with Crippen molar-refractivity contribution in [1.29, 1.82) is 0 Å². The summed E-state index contributed by atoms with van der Waals surface area (Å²) in [5.41, 5.74) is 2.19. The summed E-state index contributed by atoms with van der Waals surface area (Å²) < 4.78 is 5.25. The minimum Gasteiger partial charge on any atom is -0.444 e. The number of nitrogens with one attached hydrogen (secondary N) is 2. The van der Waals surface area contributed by atoms with E-state index in [0.29, 0.717) is 6.04 Å². The highest BCUT2D eigenvalue weighted by Gasteiger charge is 2.38. The minimum atomic E-state index is -0.442. The topological polar surface area (TPSA) is 50.4 Å². The zero-order chi connectivity index (χ0) is 15.5. The summed E-state index contributed by atoms with van der Waals surface area (Å²) >= 11 is 0. The van der Waals surface area contributed by atoms with E-state index in [0.717, 1.165) is 19.4 Å². The molecule has 0 saturated heterocycles. The van der Waals surface area contributed by atoms with E-state index >= 15 is 0 Å². The van der Waals surface area contributed by atoms with E-state index in [1.165, 1.54) is 11.1 Å². The molecule has 0 radical (unpaired) electrons. The van der Waals surface area contributed by atoms with Crippen LogP contribution < -0.4 is 10.6 Å². The maximum Gasteiger partial charge on any atom is 0.407 e. The lowest BCUT2D eigenvalue weighted by molar-refractivity contribution is 0.0522. The molecule has 0 aliphatic heterocycles. The molecule has 0 spiro atoms. The summed E-state index contributed by atoms with van der Waals surface area (Å²) in [4.78, 5) is 11.6. The number of aryl methyl sites for hydroxylation is 1. The van der Waals surface area contributed by atoms with Gasteiger partial charge in [0.05, 0.1) is 0 Å². The normalized spacial score (nSPS) is 21.0. The first kappa shape index (κ1) is 15.8. The lowest BCUT2D eigenvalue weighted by Gasteiger charge is -2.19. The van der Waals surface area contributed by atoms with Crippen LogP contribution in [0.15, 0.2) is 24.3 Å². The van der Waals surface area contributed by atoms with Gasteiger partial charge in [-0.25, -0.2) is 4.79 Å². The third-order valence-electron chi connectivity index (χ3n) is 3.49. The van der Waals surface area contributed by atoms with Crippen LogP contribution in [-0.4, -0.2) is 23.8 Å². The van der Waals surface area contributed by atoms with E-state index in [2.05, 4.69) is 41.8 Å². The monoisotopic (exact) mass is 290 g/mol. The van der Waals surface area contributed by atoms with Crippen LogP contribution in [0, 0.1) is 0 Å². The number of carbonyl (C=O) groups excluding carboxylic acids is 1. The average Bonchev–Trinajstić information content (AvgIpc) is 3.12. The van der Waals surface area contributed by atoms with E-state index < -0.39 is 5.60 Å². The predicted octanol–water partition coefficient (Wildman–Crippen LogP) is 3.00. The lowest BCUT2D eigenvalue weighted by Crippen LogP contribution is -2.36. The summed E-state index contributed by atoms with van der Waals surface area (Å²) in [5, 5.41) is 6.35. The molecule has 1 aliphatic rings. The molecule has 1 amide bonds. The molecule has 2 N–H and O–H groups in total. The average molecular weight is 290 g/mol. The van der Waals surface area contributed by atoms with Gasteiger partial charge in [-0.15, -0.1) is 0 Å². The summed E-state index contributed by atoms with van der Waals surface area (Å²) in [6.45, 7) is 8.60. The van der Waals surface area contributed by atoms with Crippen LogP contribution in [0.3, 0.4) is 0 Å². The number of hydrogen-bond donors (Lipinski definition) is 2. The molecule has 0 aromatic heterocycles. The molecular formula is C17H26N2O2. The summed E-state index contributed by atoms with van der Waals surface area (Å²) in [6, 6.07) is 9.19. The van der Waals surface area contributed by atoms with Crippen molar-refractivity contribution in [1.82, 2.24) is 10.6 Å². The smallest absolute Gasteiger partial charge is 0.407 e. The van der Waals surface area contributed by atoms with Crippen LogP contribution in [0.2, 0.25) is 0 Å². The number of amides is 1.